The van der Waals surface area contributed by atoms with Crippen molar-refractivity contribution in [3.05, 3.63) is 114 Å². The van der Waals surface area contributed by atoms with Crippen molar-refractivity contribution in [2.45, 2.75) is 18.9 Å². The van der Waals surface area contributed by atoms with Gasteiger partial charge in [0.25, 0.3) is 0 Å². The third-order valence-corrected chi connectivity index (χ3v) is 5.25. The number of H-pyrrole nitrogens is 1. The molecule has 0 saturated carbocycles. The molecule has 4 rings (SSSR count). The van der Waals surface area contributed by atoms with E-state index in [1.54, 1.807) is 12.5 Å². The summed E-state index contributed by atoms with van der Waals surface area (Å²) in [5, 5.41) is 0. The first-order chi connectivity index (χ1) is 15.2. The van der Waals surface area contributed by atoms with Crippen LogP contribution in [-0.2, 0) is 17.6 Å². The Labute approximate surface area is 206 Å². The summed E-state index contributed by atoms with van der Waals surface area (Å²) >= 11 is 0. The third-order valence-electron chi connectivity index (χ3n) is 5.25. The lowest BCUT2D eigenvalue weighted by atomic mass is 10.00. The molecule has 0 fully saturated rings. The molecule has 170 valence electrons. The van der Waals surface area contributed by atoms with Gasteiger partial charge >= 0.3 is 0 Å². The van der Waals surface area contributed by atoms with Gasteiger partial charge in [-0.2, -0.15) is 0 Å². The van der Waals surface area contributed by atoms with Crippen LogP contribution in [0.4, 0.5) is 0 Å². The van der Waals surface area contributed by atoms with E-state index in [2.05, 4.69) is 58.5 Å². The fourth-order valence-electron chi connectivity index (χ4n) is 3.44. The molecule has 6 heteroatoms. The molecule has 0 unspecified atom stereocenters. The molecule has 4 nitrogen and oxygen atoms in total. The number of halogens is 2. The summed E-state index contributed by atoms with van der Waals surface area (Å²) in [7, 11) is 0. The number of rotatable bonds is 8. The summed E-state index contributed by atoms with van der Waals surface area (Å²) in [5.74, 6) is 0.0244. The minimum Gasteiger partial charge on any atom is -0.348 e. The van der Waals surface area contributed by atoms with Crippen molar-refractivity contribution in [3.63, 3.8) is 0 Å². The molecule has 1 atom stereocenters. The highest BCUT2D eigenvalue weighted by Gasteiger charge is 2.15. The molecule has 0 radical (unpaired) electrons. The number of hydrogen-bond acceptors (Lipinski definition) is 3. The monoisotopic (exact) mass is 479 g/mol. The molecular formula is C27H27Cl2N3O. The van der Waals surface area contributed by atoms with Gasteiger partial charge in [-0.15, -0.1) is 24.8 Å². The molecule has 0 aliphatic carbocycles. The average Bonchev–Trinajstić information content (AvgIpc) is 3.32. The maximum atomic E-state index is 12.4. The van der Waals surface area contributed by atoms with Gasteiger partial charge in [0.1, 0.15) is 0 Å². The van der Waals surface area contributed by atoms with E-state index in [0.717, 1.165) is 22.4 Å². The van der Waals surface area contributed by atoms with Gasteiger partial charge in [0, 0.05) is 24.7 Å². The minimum atomic E-state index is -0.529. The molecule has 0 amide bonds. The number of imidazole rings is 1. The molecule has 1 heterocycles. The van der Waals surface area contributed by atoms with Gasteiger partial charge in [-0.1, -0.05) is 91.0 Å². The number of nitrogens with one attached hydrogen (secondary N) is 1. The second-order valence-corrected chi connectivity index (χ2v) is 7.59. The highest BCUT2D eigenvalue weighted by Crippen LogP contribution is 2.20. The molecule has 0 spiro atoms. The average molecular weight is 480 g/mol. The summed E-state index contributed by atoms with van der Waals surface area (Å²) in [6.45, 7) is 0. The number of hydrogen-bond donors (Lipinski definition) is 2. The summed E-state index contributed by atoms with van der Waals surface area (Å²) < 4.78 is 0. The summed E-state index contributed by atoms with van der Waals surface area (Å²) in [4.78, 5) is 19.3. The Balaban J connectivity index is 0.00000193. The first-order valence-corrected chi connectivity index (χ1v) is 10.4. The number of aromatic nitrogens is 2. The topological polar surface area (TPSA) is 71.8 Å². The minimum absolute atomic E-state index is 0. The number of Topliss-reactive ketones (excluding diaryl/α,β-unsaturated/α-hetero) is 1. The fourth-order valence-corrected chi connectivity index (χ4v) is 3.44. The van der Waals surface area contributed by atoms with Crippen molar-refractivity contribution < 1.29 is 4.79 Å². The van der Waals surface area contributed by atoms with E-state index in [4.69, 9.17) is 5.73 Å². The van der Waals surface area contributed by atoms with Crippen molar-refractivity contribution in [2.75, 3.05) is 0 Å². The second-order valence-electron chi connectivity index (χ2n) is 7.59. The Kier molecular flexibility index (Phi) is 10.1. The molecule has 1 aromatic heterocycles. The Morgan fingerprint density at radius 3 is 2.00 bits per heavy atom. The van der Waals surface area contributed by atoms with Gasteiger partial charge in [0.05, 0.1) is 12.4 Å². The molecular weight excluding hydrogens is 453 g/mol. The number of carbonyl (C=O) groups excluding carboxylic acids is 1. The van der Waals surface area contributed by atoms with Crippen molar-refractivity contribution in [2.24, 2.45) is 5.73 Å². The lowest BCUT2D eigenvalue weighted by Gasteiger charge is -2.09. The summed E-state index contributed by atoms with van der Waals surface area (Å²) in [6.07, 6.45) is 8.27. The van der Waals surface area contributed by atoms with Gasteiger partial charge in [0.15, 0.2) is 5.78 Å². The number of ketones is 1. The number of nitrogens with two attached hydrogens (primary N) is 1. The van der Waals surface area contributed by atoms with Gasteiger partial charge in [-0.05, 0) is 27.8 Å². The maximum Gasteiger partial charge on any atom is 0.154 e. The van der Waals surface area contributed by atoms with Crippen LogP contribution in [0.25, 0.3) is 23.3 Å². The van der Waals surface area contributed by atoms with Gasteiger partial charge in [0.2, 0.25) is 0 Å². The van der Waals surface area contributed by atoms with Gasteiger partial charge < -0.3 is 10.7 Å². The van der Waals surface area contributed by atoms with Crippen LogP contribution in [0.2, 0.25) is 0 Å². The van der Waals surface area contributed by atoms with Crippen molar-refractivity contribution in [3.8, 4) is 11.1 Å². The molecule has 0 aliphatic rings. The summed E-state index contributed by atoms with van der Waals surface area (Å²) in [5.41, 5.74) is 12.5. The van der Waals surface area contributed by atoms with E-state index in [9.17, 15) is 4.79 Å². The third kappa shape index (κ3) is 7.43. The lowest BCUT2D eigenvalue weighted by molar-refractivity contribution is -0.119. The predicted molar refractivity (Wildman–Crippen MR) is 141 cm³/mol. The zero-order valence-electron chi connectivity index (χ0n) is 18.1. The van der Waals surface area contributed by atoms with E-state index in [0.29, 0.717) is 12.8 Å². The Morgan fingerprint density at radius 1 is 0.848 bits per heavy atom. The Morgan fingerprint density at radius 2 is 1.42 bits per heavy atom. The van der Waals surface area contributed by atoms with Crippen LogP contribution in [0.1, 0.15) is 22.4 Å². The zero-order chi connectivity index (χ0) is 21.5. The lowest BCUT2D eigenvalue weighted by Crippen LogP contribution is -2.34. The molecule has 0 saturated heterocycles. The second kappa shape index (κ2) is 12.8. The zero-order valence-corrected chi connectivity index (χ0v) is 19.7. The predicted octanol–water partition coefficient (Wildman–Crippen LogP) is 5.77. The molecule has 3 aromatic carbocycles. The first-order valence-electron chi connectivity index (χ1n) is 10.4. The molecule has 0 aliphatic heterocycles. The van der Waals surface area contributed by atoms with Crippen LogP contribution in [-0.4, -0.2) is 21.8 Å². The number of benzene rings is 3. The highest BCUT2D eigenvalue weighted by atomic mass is 35.5. The smallest absolute Gasteiger partial charge is 0.154 e. The molecule has 33 heavy (non-hydrogen) atoms. The Bertz CT molecular complexity index is 1140. The van der Waals surface area contributed by atoms with E-state index < -0.39 is 6.04 Å². The summed E-state index contributed by atoms with van der Waals surface area (Å²) in [6, 6.07) is 26.3. The van der Waals surface area contributed by atoms with Crippen LogP contribution in [0.15, 0.2) is 91.4 Å². The number of nitrogens with zero attached hydrogens (tertiary/aromatic N) is 1. The first kappa shape index (κ1) is 26.1. The molecule has 4 aromatic rings. The van der Waals surface area contributed by atoms with E-state index >= 15 is 0 Å². The van der Waals surface area contributed by atoms with Crippen molar-refractivity contribution >= 4 is 42.7 Å². The van der Waals surface area contributed by atoms with Crippen LogP contribution in [0.5, 0.6) is 0 Å². The van der Waals surface area contributed by atoms with Crippen LogP contribution in [0.3, 0.4) is 0 Å². The van der Waals surface area contributed by atoms with Crippen molar-refractivity contribution in [1.29, 1.82) is 0 Å². The van der Waals surface area contributed by atoms with Gasteiger partial charge in [-0.25, -0.2) is 4.98 Å². The SMILES string of the molecule is Cl.Cl.N[C@@H](Cc1cnc[nH]1)C(=O)Cc1ccc(/C=C/c2ccc(-c3ccccc3)cc2)cc1. The largest absolute Gasteiger partial charge is 0.348 e. The molecule has 3 N–H and O–H groups in total. The van der Waals surface area contributed by atoms with Crippen LogP contribution >= 0.6 is 24.8 Å². The van der Waals surface area contributed by atoms with Gasteiger partial charge in [-0.3, -0.25) is 4.79 Å². The fraction of sp³-hybridized carbons (Fsp3) is 0.111. The van der Waals surface area contributed by atoms with Crippen molar-refractivity contribution in [1.82, 2.24) is 9.97 Å². The van der Waals surface area contributed by atoms with Crippen LogP contribution < -0.4 is 5.73 Å². The standard InChI is InChI=1S/C27H25N3O.2ClH/c28-26(17-25-18-29-19-30-25)27(31)16-22-10-8-20(9-11-22)6-7-21-12-14-24(15-13-21)23-4-2-1-3-5-23;;/h1-15,18-19,26H,16-17,28H2,(H,29,30);2*1H/b7-6+;;/t26-;;/m0../s1. The molecule has 0 bridgehead atoms. The maximum absolute atomic E-state index is 12.4. The van der Waals surface area contributed by atoms with E-state index in [1.165, 1.54) is 11.1 Å². The quantitative estimate of drug-likeness (QED) is 0.315. The van der Waals surface area contributed by atoms with E-state index in [1.807, 2.05) is 42.5 Å². The highest BCUT2D eigenvalue weighted by molar-refractivity contribution is 5.86. The Hall–Kier alpha value is -3.18. The number of carbonyl (C=O) groups is 1. The van der Waals surface area contributed by atoms with E-state index in [-0.39, 0.29) is 30.6 Å². The number of aromatic amines is 1. The van der Waals surface area contributed by atoms with Crippen LogP contribution in [0, 0.1) is 0 Å². The normalized spacial score (nSPS) is 11.4.